The van der Waals surface area contributed by atoms with Crippen molar-refractivity contribution in [2.24, 2.45) is 0 Å². The van der Waals surface area contributed by atoms with E-state index in [4.69, 9.17) is 27.6 Å². The molecule has 34 heavy (non-hydrogen) atoms. The Hall–Kier alpha value is -3.65. The Morgan fingerprint density at radius 1 is 0.971 bits per heavy atom. The van der Waals surface area contributed by atoms with Crippen LogP contribution in [-0.4, -0.2) is 5.78 Å². The van der Waals surface area contributed by atoms with Gasteiger partial charge in [0.05, 0.1) is 11.1 Å². The number of hydrogen-bond donors (Lipinski definition) is 0. The molecule has 0 spiro atoms. The van der Waals surface area contributed by atoms with Crippen LogP contribution in [0.4, 0.5) is 0 Å². The maximum Gasteiger partial charge on any atom is 0.340 e. The van der Waals surface area contributed by atoms with Crippen molar-refractivity contribution in [3.8, 4) is 6.07 Å². The lowest BCUT2D eigenvalue weighted by molar-refractivity contribution is -0.115. The summed E-state index contributed by atoms with van der Waals surface area (Å²) in [6, 6.07) is 21.6. The highest BCUT2D eigenvalue weighted by Gasteiger charge is 2.36. The van der Waals surface area contributed by atoms with Gasteiger partial charge in [-0.1, -0.05) is 59.6 Å². The number of ketones is 1. The van der Waals surface area contributed by atoms with Crippen LogP contribution in [0.5, 0.6) is 0 Å². The molecule has 1 aromatic heterocycles. The zero-order valence-electron chi connectivity index (χ0n) is 18.1. The van der Waals surface area contributed by atoms with Crippen LogP contribution in [0.3, 0.4) is 0 Å². The highest BCUT2D eigenvalue weighted by molar-refractivity contribution is 6.31. The number of Topliss-reactive ketones (excluding diaryl/α,β-unsaturated/α-hetero) is 1. The molecule has 0 amide bonds. The molecule has 0 bridgehead atoms. The van der Waals surface area contributed by atoms with E-state index in [1.54, 1.807) is 36.4 Å². The van der Waals surface area contributed by atoms with Crippen molar-refractivity contribution in [3.05, 3.63) is 121 Å². The number of halogens is 2. The van der Waals surface area contributed by atoms with Gasteiger partial charge in [-0.2, -0.15) is 5.26 Å². The lowest BCUT2D eigenvalue weighted by atomic mass is 9.74. The van der Waals surface area contributed by atoms with Gasteiger partial charge < -0.3 is 4.42 Å². The smallest absolute Gasteiger partial charge is 0.340 e. The predicted octanol–water partition coefficient (Wildman–Crippen LogP) is 6.64. The lowest BCUT2D eigenvalue weighted by Gasteiger charge is -2.27. The molecule has 4 aromatic rings. The molecule has 5 rings (SSSR count). The minimum atomic E-state index is -0.796. The summed E-state index contributed by atoms with van der Waals surface area (Å²) >= 11 is 12.5. The van der Waals surface area contributed by atoms with E-state index < -0.39 is 11.5 Å². The Balaban J connectivity index is 1.89. The molecule has 0 saturated carbocycles. The molecule has 6 heteroatoms. The molecular weight excluding hydrogens is 469 g/mol. The summed E-state index contributed by atoms with van der Waals surface area (Å²) in [6.45, 7) is 1.81. The molecule has 0 radical (unpaired) electrons. The molecule has 1 atom stereocenters. The lowest BCUT2D eigenvalue weighted by Crippen LogP contribution is -2.26. The number of carbonyl (C=O) groups excluding carboxylic acids is 1. The standard InChI is InChI=1S/C28H17Cl2NO3/c1-15-20-12-19(30)9-10-24(20)34-28(33)25(15)26(16-5-3-2-4-6-16)27-22(14-31)21-13-18(29)8-7-17(21)11-23(27)32/h2-10,12-13,26H,11H2,1H3. The highest BCUT2D eigenvalue weighted by Crippen LogP contribution is 2.42. The molecule has 1 aliphatic rings. The largest absolute Gasteiger partial charge is 0.422 e. The number of nitriles is 1. The SMILES string of the molecule is Cc1c(C(C2=C(C#N)c3cc(Cl)ccc3CC2=O)c2ccccc2)c(=O)oc2ccc(Cl)cc12. The quantitative estimate of drug-likeness (QED) is 0.304. The third kappa shape index (κ3) is 3.64. The Bertz CT molecular complexity index is 1610. The van der Waals surface area contributed by atoms with E-state index in [1.165, 1.54) is 0 Å². The topological polar surface area (TPSA) is 71.1 Å². The summed E-state index contributed by atoms with van der Waals surface area (Å²) in [5.41, 5.74) is 3.33. The summed E-state index contributed by atoms with van der Waals surface area (Å²) in [7, 11) is 0. The minimum Gasteiger partial charge on any atom is -0.422 e. The molecule has 166 valence electrons. The fraction of sp³-hybridized carbons (Fsp3) is 0.107. The third-order valence-electron chi connectivity index (χ3n) is 6.26. The second-order valence-corrected chi connectivity index (χ2v) is 9.09. The molecule has 1 aliphatic carbocycles. The highest BCUT2D eigenvalue weighted by atomic mass is 35.5. The second kappa shape index (κ2) is 8.61. The first-order valence-electron chi connectivity index (χ1n) is 10.6. The maximum atomic E-state index is 13.5. The first-order chi connectivity index (χ1) is 16.4. The van der Waals surface area contributed by atoms with Gasteiger partial charge in [0.2, 0.25) is 0 Å². The van der Waals surface area contributed by atoms with Gasteiger partial charge >= 0.3 is 5.63 Å². The van der Waals surface area contributed by atoms with Crippen LogP contribution < -0.4 is 5.63 Å². The van der Waals surface area contributed by atoms with E-state index >= 15 is 0 Å². The molecule has 1 unspecified atom stereocenters. The average molecular weight is 486 g/mol. The van der Waals surface area contributed by atoms with Crippen molar-refractivity contribution in [2.75, 3.05) is 0 Å². The Morgan fingerprint density at radius 2 is 1.68 bits per heavy atom. The van der Waals surface area contributed by atoms with Crippen LogP contribution >= 0.6 is 23.2 Å². The first-order valence-corrected chi connectivity index (χ1v) is 11.4. The van der Waals surface area contributed by atoms with Crippen molar-refractivity contribution >= 4 is 45.5 Å². The van der Waals surface area contributed by atoms with Gasteiger partial charge in [0.1, 0.15) is 11.7 Å². The van der Waals surface area contributed by atoms with Crippen molar-refractivity contribution in [3.63, 3.8) is 0 Å². The first kappa shape index (κ1) is 22.2. The Kier molecular flexibility index (Phi) is 5.61. The van der Waals surface area contributed by atoms with Gasteiger partial charge in [0.25, 0.3) is 0 Å². The molecule has 0 saturated heterocycles. The molecule has 0 fully saturated rings. The van der Waals surface area contributed by atoms with E-state index in [-0.39, 0.29) is 23.4 Å². The number of rotatable bonds is 3. The van der Waals surface area contributed by atoms with Crippen LogP contribution in [0.1, 0.15) is 33.7 Å². The van der Waals surface area contributed by atoms with Crippen LogP contribution in [0, 0.1) is 18.3 Å². The van der Waals surface area contributed by atoms with Gasteiger partial charge in [-0.05, 0) is 59.5 Å². The molecule has 0 aliphatic heterocycles. The summed E-state index contributed by atoms with van der Waals surface area (Å²) in [5.74, 6) is -1.01. The van der Waals surface area contributed by atoms with Crippen LogP contribution in [-0.2, 0) is 11.2 Å². The van der Waals surface area contributed by atoms with Gasteiger partial charge in [-0.15, -0.1) is 0 Å². The zero-order valence-corrected chi connectivity index (χ0v) is 19.6. The fourth-order valence-electron chi connectivity index (χ4n) is 4.71. The number of carbonyl (C=O) groups is 1. The number of benzene rings is 3. The number of allylic oxidation sites excluding steroid dienone is 2. The average Bonchev–Trinajstić information content (AvgIpc) is 2.83. The second-order valence-electron chi connectivity index (χ2n) is 8.21. The molecular formula is C28H17Cl2NO3. The number of fused-ring (bicyclic) bond motifs is 2. The Morgan fingerprint density at radius 3 is 2.41 bits per heavy atom. The molecule has 0 N–H and O–H groups in total. The van der Waals surface area contributed by atoms with Crippen LogP contribution in [0.2, 0.25) is 10.0 Å². The number of aryl methyl sites for hydroxylation is 1. The maximum absolute atomic E-state index is 13.5. The summed E-state index contributed by atoms with van der Waals surface area (Å²) in [4.78, 5) is 26.9. The summed E-state index contributed by atoms with van der Waals surface area (Å²) < 4.78 is 5.66. The number of nitrogens with zero attached hydrogens (tertiary/aromatic N) is 1. The van der Waals surface area contributed by atoms with E-state index in [2.05, 4.69) is 6.07 Å². The van der Waals surface area contributed by atoms with E-state index in [0.717, 1.165) is 5.56 Å². The number of hydrogen-bond acceptors (Lipinski definition) is 4. The van der Waals surface area contributed by atoms with Crippen molar-refractivity contribution in [2.45, 2.75) is 19.3 Å². The molecule has 4 nitrogen and oxygen atoms in total. The predicted molar refractivity (Wildman–Crippen MR) is 133 cm³/mol. The monoisotopic (exact) mass is 485 g/mol. The fourth-order valence-corrected chi connectivity index (χ4v) is 5.05. The minimum absolute atomic E-state index is 0.111. The van der Waals surface area contributed by atoms with Crippen LogP contribution in [0.25, 0.3) is 16.5 Å². The molecule has 3 aromatic carbocycles. The third-order valence-corrected chi connectivity index (χ3v) is 6.73. The van der Waals surface area contributed by atoms with Crippen molar-refractivity contribution in [1.29, 1.82) is 5.26 Å². The van der Waals surface area contributed by atoms with Gasteiger partial charge in [0, 0.05) is 33.3 Å². The normalized spacial score (nSPS) is 14.1. The van der Waals surface area contributed by atoms with E-state index in [0.29, 0.717) is 43.3 Å². The zero-order chi connectivity index (χ0) is 24.0. The Labute approximate surface area is 205 Å². The van der Waals surface area contributed by atoms with E-state index in [9.17, 15) is 14.9 Å². The van der Waals surface area contributed by atoms with Crippen molar-refractivity contribution in [1.82, 2.24) is 0 Å². The summed E-state index contributed by atoms with van der Waals surface area (Å²) in [5, 5.41) is 11.8. The summed E-state index contributed by atoms with van der Waals surface area (Å²) in [6.07, 6.45) is 0.111. The van der Waals surface area contributed by atoms with Gasteiger partial charge in [-0.25, -0.2) is 4.79 Å². The van der Waals surface area contributed by atoms with Crippen LogP contribution in [0.15, 0.2) is 81.5 Å². The van der Waals surface area contributed by atoms with E-state index in [1.807, 2.05) is 37.3 Å². The van der Waals surface area contributed by atoms with Gasteiger partial charge in [-0.3, -0.25) is 4.79 Å². The van der Waals surface area contributed by atoms with Gasteiger partial charge in [0.15, 0.2) is 5.78 Å². The molecule has 1 heterocycles. The van der Waals surface area contributed by atoms with Crippen molar-refractivity contribution < 1.29 is 9.21 Å².